The van der Waals surface area contributed by atoms with Crippen LogP contribution >= 0.6 is 11.5 Å². The van der Waals surface area contributed by atoms with E-state index in [4.69, 9.17) is 4.74 Å². The van der Waals surface area contributed by atoms with E-state index >= 15 is 0 Å². The number of amides is 2. The monoisotopic (exact) mass is 447 g/mol. The Morgan fingerprint density at radius 3 is 2.67 bits per heavy atom. The molecule has 2 aromatic rings. The third-order valence-corrected chi connectivity index (χ3v) is 8.18. The van der Waals surface area contributed by atoms with Crippen LogP contribution in [0.3, 0.4) is 0 Å². The molecule has 2 amide bonds. The number of hydrogen-bond acceptors (Lipinski definition) is 6. The van der Waals surface area contributed by atoms with Crippen LogP contribution in [0.1, 0.15) is 45.0 Å². The van der Waals surface area contributed by atoms with E-state index in [1.807, 2.05) is 19.1 Å². The molecule has 0 spiro atoms. The summed E-state index contributed by atoms with van der Waals surface area (Å²) in [5.41, 5.74) is 0.814. The molecule has 9 heteroatoms. The quantitative estimate of drug-likeness (QED) is 0.701. The van der Waals surface area contributed by atoms with Crippen molar-refractivity contribution in [3.8, 4) is 5.75 Å². The van der Waals surface area contributed by atoms with E-state index in [9.17, 15) is 13.8 Å². The zero-order valence-electron chi connectivity index (χ0n) is 16.9. The molecule has 1 aromatic heterocycles. The van der Waals surface area contributed by atoms with E-state index < -0.39 is 15.6 Å². The molecule has 0 radical (unpaired) electrons. The van der Waals surface area contributed by atoms with Crippen LogP contribution in [0.5, 0.6) is 5.75 Å². The van der Waals surface area contributed by atoms with Crippen molar-refractivity contribution in [1.82, 2.24) is 9.27 Å². The lowest BCUT2D eigenvalue weighted by molar-refractivity contribution is 0.0768. The van der Waals surface area contributed by atoms with Gasteiger partial charge in [-0.3, -0.25) is 9.59 Å². The minimum atomic E-state index is -2.70. The lowest BCUT2D eigenvalue weighted by atomic mass is 10.2. The number of carbonyl (C=O) groups is 2. The van der Waals surface area contributed by atoms with E-state index in [2.05, 4.69) is 8.74 Å². The predicted octanol–water partition coefficient (Wildman–Crippen LogP) is 3.39. The van der Waals surface area contributed by atoms with Crippen LogP contribution in [-0.2, 0) is 9.73 Å². The van der Waals surface area contributed by atoms with Crippen LogP contribution in [0.2, 0.25) is 0 Å². The number of nitrogens with zero attached hydrogens (tertiary/aromatic N) is 3. The number of benzene rings is 1. The molecule has 1 aliphatic heterocycles. The van der Waals surface area contributed by atoms with Gasteiger partial charge in [-0.1, -0.05) is 0 Å². The van der Waals surface area contributed by atoms with Gasteiger partial charge in [0.15, 0.2) is 0 Å². The number of carbonyl (C=O) groups excluding carboxylic acids is 2. The molecule has 1 saturated heterocycles. The van der Waals surface area contributed by atoms with Gasteiger partial charge in [-0.05, 0) is 74.0 Å². The van der Waals surface area contributed by atoms with Gasteiger partial charge in [0.1, 0.15) is 11.4 Å². The van der Waals surface area contributed by atoms with Gasteiger partial charge in [0.2, 0.25) is 0 Å². The molecule has 2 aliphatic rings. The summed E-state index contributed by atoms with van der Waals surface area (Å²) in [4.78, 5) is 27.8. The highest BCUT2D eigenvalue weighted by atomic mass is 32.2. The Balaban J connectivity index is 1.39. The summed E-state index contributed by atoms with van der Waals surface area (Å²) in [6.07, 6.45) is 3.01. The third kappa shape index (κ3) is 5.26. The highest BCUT2D eigenvalue weighted by Crippen LogP contribution is 2.29. The molecule has 0 N–H and O–H groups in total. The van der Waals surface area contributed by atoms with Crippen molar-refractivity contribution in [2.75, 3.05) is 31.2 Å². The second kappa shape index (κ2) is 8.85. The van der Waals surface area contributed by atoms with E-state index in [0.29, 0.717) is 36.7 Å². The van der Waals surface area contributed by atoms with Crippen molar-refractivity contribution < 1.29 is 18.5 Å². The van der Waals surface area contributed by atoms with E-state index in [1.165, 1.54) is 24.4 Å². The fourth-order valence-electron chi connectivity index (χ4n) is 3.28. The lowest BCUT2D eigenvalue weighted by Gasteiger charge is -2.20. The first-order chi connectivity index (χ1) is 14.4. The first-order valence-electron chi connectivity index (χ1n) is 10.1. The molecular formula is C21H25N3O4S2. The van der Waals surface area contributed by atoms with Crippen molar-refractivity contribution in [2.24, 2.45) is 10.3 Å². The van der Waals surface area contributed by atoms with Crippen LogP contribution in [0.4, 0.5) is 0 Å². The number of aryl methyl sites for hydroxylation is 1. The number of aromatic nitrogens is 1. The van der Waals surface area contributed by atoms with Gasteiger partial charge in [-0.2, -0.15) is 8.74 Å². The zero-order chi connectivity index (χ0) is 21.1. The zero-order valence-corrected chi connectivity index (χ0v) is 18.5. The Labute approximate surface area is 180 Å². The molecule has 30 heavy (non-hydrogen) atoms. The van der Waals surface area contributed by atoms with Gasteiger partial charge in [0, 0.05) is 35.0 Å². The molecule has 2 fully saturated rings. The maximum absolute atomic E-state index is 13.1. The number of hydrogen-bond donors (Lipinski definition) is 0. The fraction of sp³-hybridized carbons (Fsp3) is 0.476. The molecule has 1 aromatic carbocycles. The Morgan fingerprint density at radius 2 is 2.00 bits per heavy atom. The topological polar surface area (TPSA) is 88.9 Å². The van der Waals surface area contributed by atoms with Crippen molar-refractivity contribution in [3.05, 3.63) is 46.5 Å². The van der Waals surface area contributed by atoms with Gasteiger partial charge >= 0.3 is 5.91 Å². The Kier molecular flexibility index (Phi) is 6.19. The molecule has 2 heterocycles. The van der Waals surface area contributed by atoms with Crippen LogP contribution in [0, 0.1) is 12.8 Å². The average molecular weight is 448 g/mol. The Morgan fingerprint density at radius 1 is 1.23 bits per heavy atom. The minimum Gasteiger partial charge on any atom is -0.493 e. The summed E-state index contributed by atoms with van der Waals surface area (Å²) >= 11 is 1.22. The van der Waals surface area contributed by atoms with Gasteiger partial charge in [0.05, 0.1) is 16.3 Å². The van der Waals surface area contributed by atoms with E-state index in [1.54, 1.807) is 23.1 Å². The fourth-order valence-corrected chi connectivity index (χ4v) is 5.69. The summed E-state index contributed by atoms with van der Waals surface area (Å²) in [5, 5.41) is 0. The summed E-state index contributed by atoms with van der Waals surface area (Å²) in [7, 11) is -2.70. The Hall–Kier alpha value is -2.26. The maximum atomic E-state index is 13.1. The third-order valence-electron chi connectivity index (χ3n) is 5.24. The summed E-state index contributed by atoms with van der Waals surface area (Å²) < 4.78 is 26.9. The molecule has 1 saturated carbocycles. The van der Waals surface area contributed by atoms with Gasteiger partial charge in [-0.15, -0.1) is 0 Å². The average Bonchev–Trinajstić information content (AvgIpc) is 3.50. The number of rotatable bonds is 5. The normalized spacial score (nSPS) is 21.7. The molecule has 1 aliphatic carbocycles. The summed E-state index contributed by atoms with van der Waals surface area (Å²) in [5.74, 6) is 1.30. The van der Waals surface area contributed by atoms with Crippen molar-refractivity contribution >= 4 is 33.1 Å². The van der Waals surface area contributed by atoms with Gasteiger partial charge in [-0.25, -0.2) is 4.21 Å². The lowest BCUT2D eigenvalue weighted by Crippen LogP contribution is -2.33. The standard InChI is InChI=1S/C21H25N3O4S2/c1-15-13-19(22-29-15)20(25)23-30(27)11-2-9-24(10-12-30)21(26)17-5-7-18(8-6-17)28-14-16-3-4-16/h5-8,13,16H,2-4,9-12,14H2,1H3. The molecule has 7 nitrogen and oxygen atoms in total. The molecule has 4 rings (SSSR count). The number of ether oxygens (including phenoxy) is 1. The minimum absolute atomic E-state index is 0.103. The van der Waals surface area contributed by atoms with E-state index in [-0.39, 0.29) is 17.4 Å². The summed E-state index contributed by atoms with van der Waals surface area (Å²) in [6, 6.07) is 8.83. The highest BCUT2D eigenvalue weighted by molar-refractivity contribution is 7.93. The van der Waals surface area contributed by atoms with Crippen LogP contribution in [-0.4, -0.2) is 56.5 Å². The van der Waals surface area contributed by atoms with Crippen molar-refractivity contribution in [1.29, 1.82) is 0 Å². The van der Waals surface area contributed by atoms with Gasteiger partial charge < -0.3 is 9.64 Å². The van der Waals surface area contributed by atoms with E-state index in [0.717, 1.165) is 17.2 Å². The van der Waals surface area contributed by atoms with Gasteiger partial charge in [0.25, 0.3) is 5.91 Å². The SMILES string of the molecule is Cc1cc(C(=O)N=S2(=O)CCCN(C(=O)c3ccc(OCC4CC4)cc3)CC2)ns1. The maximum Gasteiger partial charge on any atom is 0.304 e. The first-order valence-corrected chi connectivity index (χ1v) is 12.8. The molecule has 1 atom stereocenters. The van der Waals surface area contributed by atoms with Crippen molar-refractivity contribution in [3.63, 3.8) is 0 Å². The largest absolute Gasteiger partial charge is 0.493 e. The van der Waals surface area contributed by atoms with Crippen molar-refractivity contribution in [2.45, 2.75) is 26.2 Å². The second-order valence-electron chi connectivity index (χ2n) is 7.82. The predicted molar refractivity (Wildman–Crippen MR) is 117 cm³/mol. The molecule has 1 unspecified atom stereocenters. The molecule has 0 bridgehead atoms. The smallest absolute Gasteiger partial charge is 0.304 e. The second-order valence-corrected chi connectivity index (χ2v) is 11.4. The molecule has 160 valence electrons. The first kappa shape index (κ1) is 21.0. The Bertz CT molecular complexity index is 1050. The summed E-state index contributed by atoms with van der Waals surface area (Å²) in [6.45, 7) is 3.39. The van der Waals surface area contributed by atoms with Crippen LogP contribution in [0.25, 0.3) is 0 Å². The molecular weight excluding hydrogens is 422 g/mol. The highest BCUT2D eigenvalue weighted by Gasteiger charge is 2.25. The van der Waals surface area contributed by atoms with Crippen LogP contribution in [0.15, 0.2) is 34.7 Å². The van der Waals surface area contributed by atoms with Crippen LogP contribution < -0.4 is 4.74 Å².